The van der Waals surface area contributed by atoms with Crippen LogP contribution in [0.2, 0.25) is 0 Å². The summed E-state index contributed by atoms with van der Waals surface area (Å²) in [6, 6.07) is 0. The molecule has 2 bridgehead atoms. The first kappa shape index (κ1) is 11.9. The molecule has 0 heterocycles. The molecule has 3 nitrogen and oxygen atoms in total. The lowest BCUT2D eigenvalue weighted by Crippen LogP contribution is -2.42. The van der Waals surface area contributed by atoms with E-state index in [0.717, 1.165) is 38.4 Å². The van der Waals surface area contributed by atoms with Gasteiger partial charge in [0.2, 0.25) is 0 Å². The number of esters is 1. The summed E-state index contributed by atoms with van der Waals surface area (Å²) < 4.78 is 5.66. The standard InChI is InChI=1S/C15H20O3/c16-10-15(9-11-6-7-13(15)8-11)18-14(17)12-4-2-1-3-5-12/h6-7,10-13H,1-5,8-9H2. The Morgan fingerprint density at radius 3 is 2.56 bits per heavy atom. The SMILES string of the molecule is O=CC1(OC(=O)C2CCCCC2)CC2C=CC1C2. The van der Waals surface area contributed by atoms with Crippen LogP contribution >= 0.6 is 0 Å². The first-order valence-electron chi connectivity index (χ1n) is 7.11. The Morgan fingerprint density at radius 2 is 2.00 bits per heavy atom. The zero-order chi connectivity index (χ0) is 12.6. The molecule has 3 rings (SSSR count). The maximum atomic E-state index is 12.2. The Labute approximate surface area is 108 Å². The molecular weight excluding hydrogens is 228 g/mol. The fraction of sp³-hybridized carbons (Fsp3) is 0.733. The Bertz CT molecular complexity index is 381. The molecule has 0 aliphatic heterocycles. The van der Waals surface area contributed by atoms with Crippen LogP contribution in [-0.4, -0.2) is 17.9 Å². The number of carbonyl (C=O) groups excluding carboxylic acids is 2. The predicted molar refractivity (Wildman–Crippen MR) is 66.8 cm³/mol. The first-order valence-corrected chi connectivity index (χ1v) is 7.11. The van der Waals surface area contributed by atoms with E-state index >= 15 is 0 Å². The summed E-state index contributed by atoms with van der Waals surface area (Å²) >= 11 is 0. The van der Waals surface area contributed by atoms with Gasteiger partial charge < -0.3 is 4.74 Å². The molecule has 98 valence electrons. The zero-order valence-electron chi connectivity index (χ0n) is 10.6. The highest BCUT2D eigenvalue weighted by Gasteiger charge is 2.52. The highest BCUT2D eigenvalue weighted by Crippen LogP contribution is 2.48. The molecule has 18 heavy (non-hydrogen) atoms. The molecule has 3 aliphatic carbocycles. The van der Waals surface area contributed by atoms with Gasteiger partial charge in [0.05, 0.1) is 5.92 Å². The summed E-state index contributed by atoms with van der Waals surface area (Å²) in [7, 11) is 0. The van der Waals surface area contributed by atoms with E-state index in [0.29, 0.717) is 12.3 Å². The molecular formula is C15H20O3. The second-order valence-electron chi connectivity index (χ2n) is 6.02. The smallest absolute Gasteiger partial charge is 0.309 e. The topological polar surface area (TPSA) is 43.4 Å². The van der Waals surface area contributed by atoms with E-state index < -0.39 is 5.60 Å². The Balaban J connectivity index is 1.69. The second kappa shape index (κ2) is 4.52. The summed E-state index contributed by atoms with van der Waals surface area (Å²) in [4.78, 5) is 23.6. The quantitative estimate of drug-likeness (QED) is 0.438. The van der Waals surface area contributed by atoms with Crippen LogP contribution < -0.4 is 0 Å². The van der Waals surface area contributed by atoms with Gasteiger partial charge in [-0.3, -0.25) is 9.59 Å². The molecule has 2 fully saturated rings. The van der Waals surface area contributed by atoms with Crippen molar-refractivity contribution >= 4 is 12.3 Å². The van der Waals surface area contributed by atoms with Gasteiger partial charge in [0, 0.05) is 12.3 Å². The van der Waals surface area contributed by atoms with Crippen molar-refractivity contribution in [3.8, 4) is 0 Å². The van der Waals surface area contributed by atoms with Crippen molar-refractivity contribution < 1.29 is 14.3 Å². The molecule has 0 N–H and O–H groups in total. The lowest BCUT2D eigenvalue weighted by atomic mass is 9.87. The van der Waals surface area contributed by atoms with Gasteiger partial charge in [0.1, 0.15) is 0 Å². The molecule has 0 radical (unpaired) electrons. The van der Waals surface area contributed by atoms with Crippen LogP contribution in [-0.2, 0) is 14.3 Å². The van der Waals surface area contributed by atoms with E-state index in [4.69, 9.17) is 4.74 Å². The van der Waals surface area contributed by atoms with Crippen molar-refractivity contribution in [1.82, 2.24) is 0 Å². The number of aldehydes is 1. The Kier molecular flexibility index (Phi) is 3.00. The lowest BCUT2D eigenvalue weighted by molar-refractivity contribution is -0.170. The minimum Gasteiger partial charge on any atom is -0.450 e. The van der Waals surface area contributed by atoms with Gasteiger partial charge in [-0.25, -0.2) is 0 Å². The monoisotopic (exact) mass is 248 g/mol. The number of ether oxygens (including phenoxy) is 1. The van der Waals surface area contributed by atoms with Crippen LogP contribution in [0.4, 0.5) is 0 Å². The van der Waals surface area contributed by atoms with Gasteiger partial charge in [-0.15, -0.1) is 0 Å². The van der Waals surface area contributed by atoms with E-state index in [1.54, 1.807) is 0 Å². The van der Waals surface area contributed by atoms with Crippen LogP contribution in [0.25, 0.3) is 0 Å². The summed E-state index contributed by atoms with van der Waals surface area (Å²) in [6.07, 6.45) is 12.0. The molecule has 0 aromatic heterocycles. The van der Waals surface area contributed by atoms with Gasteiger partial charge in [-0.1, -0.05) is 31.4 Å². The number of fused-ring (bicyclic) bond motifs is 2. The van der Waals surface area contributed by atoms with Crippen LogP contribution in [0.1, 0.15) is 44.9 Å². The van der Waals surface area contributed by atoms with Crippen LogP contribution in [0, 0.1) is 17.8 Å². The third kappa shape index (κ3) is 1.90. The van der Waals surface area contributed by atoms with Crippen molar-refractivity contribution in [3.63, 3.8) is 0 Å². The fourth-order valence-corrected chi connectivity index (χ4v) is 3.74. The van der Waals surface area contributed by atoms with Crippen molar-refractivity contribution in [2.75, 3.05) is 0 Å². The minimum absolute atomic E-state index is 0.0266. The highest BCUT2D eigenvalue weighted by atomic mass is 16.6. The molecule has 3 unspecified atom stereocenters. The minimum atomic E-state index is -0.839. The van der Waals surface area contributed by atoms with Crippen LogP contribution in [0.15, 0.2) is 12.2 Å². The van der Waals surface area contributed by atoms with Gasteiger partial charge in [0.15, 0.2) is 11.9 Å². The van der Waals surface area contributed by atoms with Crippen molar-refractivity contribution in [2.45, 2.75) is 50.5 Å². The maximum absolute atomic E-state index is 12.2. The third-order valence-electron chi connectivity index (χ3n) is 4.81. The van der Waals surface area contributed by atoms with Crippen LogP contribution in [0.5, 0.6) is 0 Å². The molecule has 0 amide bonds. The van der Waals surface area contributed by atoms with E-state index in [-0.39, 0.29) is 17.8 Å². The van der Waals surface area contributed by atoms with Crippen molar-refractivity contribution in [2.24, 2.45) is 17.8 Å². The largest absolute Gasteiger partial charge is 0.450 e. The average Bonchev–Trinajstić information content (AvgIpc) is 3.00. The van der Waals surface area contributed by atoms with E-state index in [9.17, 15) is 9.59 Å². The molecule has 3 atom stereocenters. The molecule has 0 spiro atoms. The molecule has 2 saturated carbocycles. The number of hydrogen-bond donors (Lipinski definition) is 0. The van der Waals surface area contributed by atoms with Gasteiger partial charge >= 0.3 is 5.97 Å². The zero-order valence-corrected chi connectivity index (χ0v) is 10.6. The lowest BCUT2D eigenvalue weighted by Gasteiger charge is -2.32. The summed E-state index contributed by atoms with van der Waals surface area (Å²) in [6.45, 7) is 0. The van der Waals surface area contributed by atoms with E-state index in [2.05, 4.69) is 12.2 Å². The third-order valence-corrected chi connectivity index (χ3v) is 4.81. The van der Waals surface area contributed by atoms with Crippen molar-refractivity contribution in [1.29, 1.82) is 0 Å². The Morgan fingerprint density at radius 1 is 1.22 bits per heavy atom. The summed E-state index contributed by atoms with van der Waals surface area (Å²) in [5.41, 5.74) is -0.839. The Hall–Kier alpha value is -1.12. The summed E-state index contributed by atoms with van der Waals surface area (Å²) in [5, 5.41) is 0. The normalized spacial score (nSPS) is 38.9. The predicted octanol–water partition coefficient (Wildman–Crippen LogP) is 2.64. The second-order valence-corrected chi connectivity index (χ2v) is 6.02. The summed E-state index contributed by atoms with van der Waals surface area (Å²) in [5.74, 6) is 0.438. The maximum Gasteiger partial charge on any atom is 0.309 e. The van der Waals surface area contributed by atoms with E-state index in [1.807, 2.05) is 0 Å². The van der Waals surface area contributed by atoms with Crippen LogP contribution in [0.3, 0.4) is 0 Å². The fourth-order valence-electron chi connectivity index (χ4n) is 3.74. The number of rotatable bonds is 3. The molecule has 3 aliphatic rings. The molecule has 0 aromatic rings. The highest BCUT2D eigenvalue weighted by molar-refractivity contribution is 5.78. The van der Waals surface area contributed by atoms with Gasteiger partial charge in [-0.05, 0) is 25.2 Å². The number of carbonyl (C=O) groups is 2. The molecule has 3 heteroatoms. The average molecular weight is 248 g/mol. The van der Waals surface area contributed by atoms with Gasteiger partial charge in [0.25, 0.3) is 0 Å². The number of allylic oxidation sites excluding steroid dienone is 1. The van der Waals surface area contributed by atoms with E-state index in [1.165, 1.54) is 6.42 Å². The first-order chi connectivity index (χ1) is 8.73. The number of hydrogen-bond acceptors (Lipinski definition) is 3. The molecule has 0 aromatic carbocycles. The van der Waals surface area contributed by atoms with Gasteiger partial charge in [-0.2, -0.15) is 0 Å². The van der Waals surface area contributed by atoms with Crippen molar-refractivity contribution in [3.05, 3.63) is 12.2 Å². The molecule has 0 saturated heterocycles.